The standard InChI is InChI=1S/C23H24N4O2/c1-15(2)20-9-4-5-10-21(20)27-23(29)17-11-12-22(24-14-17)26-19-8-6-7-18(13-19)25-16(3)28/h4-15H,1-3H3,(H,24,26)(H,25,28)(H,27,29). The minimum atomic E-state index is -0.204. The van der Waals surface area contributed by atoms with Crippen molar-refractivity contribution >= 4 is 34.7 Å². The molecule has 2 aromatic carbocycles. The Hall–Kier alpha value is -3.67. The van der Waals surface area contributed by atoms with Gasteiger partial charge >= 0.3 is 0 Å². The Morgan fingerprint density at radius 2 is 1.66 bits per heavy atom. The molecule has 0 fully saturated rings. The van der Waals surface area contributed by atoms with Crippen molar-refractivity contribution in [3.8, 4) is 0 Å². The topological polar surface area (TPSA) is 83.1 Å². The molecule has 148 valence electrons. The van der Waals surface area contributed by atoms with Crippen LogP contribution in [-0.2, 0) is 4.79 Å². The summed E-state index contributed by atoms with van der Waals surface area (Å²) in [6, 6.07) is 18.6. The quantitative estimate of drug-likeness (QED) is 0.545. The van der Waals surface area contributed by atoms with Crippen LogP contribution in [0.5, 0.6) is 0 Å². The first kappa shape index (κ1) is 20.1. The molecule has 1 heterocycles. The van der Waals surface area contributed by atoms with Gasteiger partial charge in [0.15, 0.2) is 0 Å². The van der Waals surface area contributed by atoms with Gasteiger partial charge in [-0.05, 0) is 47.9 Å². The molecule has 3 N–H and O–H groups in total. The molecule has 2 amide bonds. The highest BCUT2D eigenvalue weighted by atomic mass is 16.2. The molecule has 3 rings (SSSR count). The van der Waals surface area contributed by atoms with Crippen LogP contribution in [0.25, 0.3) is 0 Å². The summed E-state index contributed by atoms with van der Waals surface area (Å²) in [7, 11) is 0. The number of amides is 2. The number of carbonyl (C=O) groups is 2. The SMILES string of the molecule is CC(=O)Nc1cccc(Nc2ccc(C(=O)Nc3ccccc3C(C)C)cn2)c1. The van der Waals surface area contributed by atoms with Gasteiger partial charge in [0.1, 0.15) is 5.82 Å². The van der Waals surface area contributed by atoms with Crippen molar-refractivity contribution < 1.29 is 9.59 Å². The van der Waals surface area contributed by atoms with Gasteiger partial charge in [0.05, 0.1) is 5.56 Å². The number of para-hydroxylation sites is 1. The summed E-state index contributed by atoms with van der Waals surface area (Å²) >= 11 is 0. The second-order valence-electron chi connectivity index (χ2n) is 7.02. The molecule has 0 spiro atoms. The van der Waals surface area contributed by atoms with Crippen molar-refractivity contribution in [2.75, 3.05) is 16.0 Å². The highest BCUT2D eigenvalue weighted by molar-refractivity contribution is 6.04. The zero-order valence-corrected chi connectivity index (χ0v) is 16.7. The molecule has 0 saturated heterocycles. The van der Waals surface area contributed by atoms with Gasteiger partial charge in [-0.3, -0.25) is 9.59 Å². The van der Waals surface area contributed by atoms with E-state index in [9.17, 15) is 9.59 Å². The first-order chi connectivity index (χ1) is 13.9. The van der Waals surface area contributed by atoms with Crippen LogP contribution >= 0.6 is 0 Å². The maximum Gasteiger partial charge on any atom is 0.257 e. The summed E-state index contributed by atoms with van der Waals surface area (Å²) in [5, 5.41) is 8.87. The summed E-state index contributed by atoms with van der Waals surface area (Å²) in [5.41, 5.74) is 3.85. The van der Waals surface area contributed by atoms with Crippen LogP contribution < -0.4 is 16.0 Å². The van der Waals surface area contributed by atoms with Gasteiger partial charge in [0.25, 0.3) is 5.91 Å². The Morgan fingerprint density at radius 1 is 0.897 bits per heavy atom. The summed E-state index contributed by atoms with van der Waals surface area (Å²) in [6.07, 6.45) is 1.54. The Balaban J connectivity index is 1.69. The van der Waals surface area contributed by atoms with Crippen molar-refractivity contribution in [2.45, 2.75) is 26.7 Å². The molecular formula is C23H24N4O2. The number of nitrogens with one attached hydrogen (secondary N) is 3. The van der Waals surface area contributed by atoms with Gasteiger partial charge in [0, 0.05) is 30.2 Å². The fourth-order valence-electron chi connectivity index (χ4n) is 2.94. The largest absolute Gasteiger partial charge is 0.340 e. The third-order valence-corrected chi connectivity index (χ3v) is 4.31. The summed E-state index contributed by atoms with van der Waals surface area (Å²) < 4.78 is 0. The molecule has 3 aromatic rings. The zero-order chi connectivity index (χ0) is 20.8. The fourth-order valence-corrected chi connectivity index (χ4v) is 2.94. The van der Waals surface area contributed by atoms with E-state index in [1.54, 1.807) is 12.1 Å². The second-order valence-corrected chi connectivity index (χ2v) is 7.02. The monoisotopic (exact) mass is 388 g/mol. The third-order valence-electron chi connectivity index (χ3n) is 4.31. The van der Waals surface area contributed by atoms with Gasteiger partial charge in [-0.2, -0.15) is 0 Å². The number of anilines is 4. The molecule has 0 unspecified atom stereocenters. The second kappa shape index (κ2) is 9.01. The Morgan fingerprint density at radius 3 is 2.34 bits per heavy atom. The molecule has 0 radical (unpaired) electrons. The van der Waals surface area contributed by atoms with Crippen LogP contribution in [0.4, 0.5) is 22.9 Å². The number of hydrogen-bond donors (Lipinski definition) is 3. The van der Waals surface area contributed by atoms with Crippen molar-refractivity contribution in [2.24, 2.45) is 0 Å². The maximum absolute atomic E-state index is 12.6. The molecule has 0 aliphatic rings. The van der Waals surface area contributed by atoms with Gasteiger partial charge in [-0.15, -0.1) is 0 Å². The minimum absolute atomic E-state index is 0.130. The fraction of sp³-hybridized carbons (Fsp3) is 0.174. The number of carbonyl (C=O) groups excluding carboxylic acids is 2. The smallest absolute Gasteiger partial charge is 0.257 e. The number of aromatic nitrogens is 1. The van der Waals surface area contributed by atoms with Crippen molar-refractivity contribution in [1.82, 2.24) is 4.98 Å². The number of nitrogens with zero attached hydrogens (tertiary/aromatic N) is 1. The molecule has 0 saturated carbocycles. The van der Waals surface area contributed by atoms with Gasteiger partial charge < -0.3 is 16.0 Å². The van der Waals surface area contributed by atoms with Crippen LogP contribution in [0.3, 0.4) is 0 Å². The molecular weight excluding hydrogens is 364 g/mol. The average molecular weight is 388 g/mol. The molecule has 1 aromatic heterocycles. The lowest BCUT2D eigenvalue weighted by Gasteiger charge is -2.13. The van der Waals surface area contributed by atoms with E-state index in [1.807, 2.05) is 48.5 Å². The van der Waals surface area contributed by atoms with Crippen molar-refractivity contribution in [3.63, 3.8) is 0 Å². The molecule has 6 heteroatoms. The van der Waals surface area contributed by atoms with E-state index >= 15 is 0 Å². The Labute approximate surface area is 170 Å². The predicted octanol–water partition coefficient (Wildman–Crippen LogP) is 5.16. The van der Waals surface area contributed by atoms with Crippen LogP contribution in [0.15, 0.2) is 66.9 Å². The van der Waals surface area contributed by atoms with E-state index in [4.69, 9.17) is 0 Å². The summed E-state index contributed by atoms with van der Waals surface area (Å²) in [6.45, 7) is 5.65. The molecule has 29 heavy (non-hydrogen) atoms. The van der Waals surface area contributed by atoms with Crippen LogP contribution in [0.1, 0.15) is 42.6 Å². The predicted molar refractivity (Wildman–Crippen MR) is 117 cm³/mol. The van der Waals surface area contributed by atoms with Crippen LogP contribution in [-0.4, -0.2) is 16.8 Å². The van der Waals surface area contributed by atoms with E-state index in [2.05, 4.69) is 34.8 Å². The van der Waals surface area contributed by atoms with Crippen molar-refractivity contribution in [3.05, 3.63) is 78.0 Å². The number of hydrogen-bond acceptors (Lipinski definition) is 4. The lowest BCUT2D eigenvalue weighted by atomic mass is 10.0. The van der Waals surface area contributed by atoms with Crippen LogP contribution in [0, 0.1) is 0 Å². The Bertz CT molecular complexity index is 1010. The number of pyridine rings is 1. The van der Waals surface area contributed by atoms with E-state index in [0.717, 1.165) is 16.9 Å². The third kappa shape index (κ3) is 5.42. The van der Waals surface area contributed by atoms with E-state index in [1.165, 1.54) is 13.1 Å². The highest BCUT2D eigenvalue weighted by Gasteiger charge is 2.11. The lowest BCUT2D eigenvalue weighted by Crippen LogP contribution is -2.14. The van der Waals surface area contributed by atoms with E-state index < -0.39 is 0 Å². The maximum atomic E-state index is 12.6. The zero-order valence-electron chi connectivity index (χ0n) is 16.7. The molecule has 6 nitrogen and oxygen atoms in total. The normalized spacial score (nSPS) is 10.5. The molecule has 0 aliphatic carbocycles. The first-order valence-corrected chi connectivity index (χ1v) is 9.43. The molecule has 0 bridgehead atoms. The van der Waals surface area contributed by atoms with Gasteiger partial charge in [-0.25, -0.2) is 4.98 Å². The summed E-state index contributed by atoms with van der Waals surface area (Å²) in [4.78, 5) is 28.1. The van der Waals surface area contributed by atoms with Crippen LogP contribution in [0.2, 0.25) is 0 Å². The van der Waals surface area contributed by atoms with Crippen molar-refractivity contribution in [1.29, 1.82) is 0 Å². The highest BCUT2D eigenvalue weighted by Crippen LogP contribution is 2.24. The average Bonchev–Trinajstić information content (AvgIpc) is 2.68. The molecule has 0 aliphatic heterocycles. The minimum Gasteiger partial charge on any atom is -0.340 e. The lowest BCUT2D eigenvalue weighted by molar-refractivity contribution is -0.114. The van der Waals surface area contributed by atoms with Gasteiger partial charge in [0.2, 0.25) is 5.91 Å². The number of rotatable bonds is 6. The number of benzene rings is 2. The van der Waals surface area contributed by atoms with Gasteiger partial charge in [-0.1, -0.05) is 38.1 Å². The summed E-state index contributed by atoms with van der Waals surface area (Å²) in [5.74, 6) is 0.577. The molecule has 0 atom stereocenters. The van der Waals surface area contributed by atoms with E-state index in [-0.39, 0.29) is 11.8 Å². The first-order valence-electron chi connectivity index (χ1n) is 9.43. The van der Waals surface area contributed by atoms with E-state index in [0.29, 0.717) is 23.0 Å². The Kier molecular flexibility index (Phi) is 6.24.